The van der Waals surface area contributed by atoms with E-state index >= 15 is 0 Å². The van der Waals surface area contributed by atoms with Crippen molar-refractivity contribution in [2.24, 2.45) is 5.92 Å². The Morgan fingerprint density at radius 1 is 1.37 bits per heavy atom. The maximum atomic E-state index is 13.5. The molecular weight excluding hydrogens is 252 g/mol. The smallest absolute Gasteiger partial charge is 0.323 e. The van der Waals surface area contributed by atoms with E-state index < -0.39 is 23.6 Å². The molecule has 0 spiro atoms. The highest BCUT2D eigenvalue weighted by atomic mass is 19.1. The van der Waals surface area contributed by atoms with E-state index in [-0.39, 0.29) is 18.0 Å². The molecule has 0 aromatic heterocycles. The van der Waals surface area contributed by atoms with E-state index in [0.29, 0.717) is 0 Å². The standard InChI is InChI=1S/C14H19F2NO2/c1-4-9(2)13(14(18)19-3)17-8-10-11(15)6-5-7-12(10)16/h5-7,9,13,17H,4,8H2,1-3H3. The van der Waals surface area contributed by atoms with E-state index in [1.165, 1.54) is 25.3 Å². The first-order chi connectivity index (χ1) is 9.01. The third-order valence-corrected chi connectivity index (χ3v) is 3.23. The van der Waals surface area contributed by atoms with Crippen molar-refractivity contribution in [1.82, 2.24) is 5.32 Å². The van der Waals surface area contributed by atoms with Crippen molar-refractivity contribution in [3.8, 4) is 0 Å². The molecule has 1 aromatic carbocycles. The van der Waals surface area contributed by atoms with E-state index in [1.54, 1.807) is 0 Å². The lowest BCUT2D eigenvalue weighted by Crippen LogP contribution is -2.42. The molecule has 0 saturated carbocycles. The molecule has 106 valence electrons. The number of nitrogens with one attached hydrogen (secondary N) is 1. The zero-order valence-electron chi connectivity index (χ0n) is 11.4. The summed E-state index contributed by atoms with van der Waals surface area (Å²) in [5.41, 5.74) is -0.0697. The summed E-state index contributed by atoms with van der Waals surface area (Å²) in [6.45, 7) is 3.76. The van der Waals surface area contributed by atoms with Crippen LogP contribution in [0.3, 0.4) is 0 Å². The van der Waals surface area contributed by atoms with Gasteiger partial charge in [0.15, 0.2) is 0 Å². The Hall–Kier alpha value is -1.49. The van der Waals surface area contributed by atoms with Gasteiger partial charge in [-0.2, -0.15) is 0 Å². The molecule has 2 atom stereocenters. The summed E-state index contributed by atoms with van der Waals surface area (Å²) in [7, 11) is 1.29. The van der Waals surface area contributed by atoms with E-state index in [0.717, 1.165) is 6.42 Å². The quantitative estimate of drug-likeness (QED) is 0.808. The van der Waals surface area contributed by atoms with Crippen LogP contribution in [0.2, 0.25) is 0 Å². The zero-order chi connectivity index (χ0) is 14.4. The molecule has 1 rings (SSSR count). The molecule has 0 radical (unpaired) electrons. The molecule has 1 aromatic rings. The molecule has 5 heteroatoms. The fourth-order valence-corrected chi connectivity index (χ4v) is 1.79. The maximum Gasteiger partial charge on any atom is 0.323 e. The number of hydrogen-bond donors (Lipinski definition) is 1. The second kappa shape index (κ2) is 7.19. The first kappa shape index (κ1) is 15.6. The molecule has 0 aliphatic rings. The van der Waals surface area contributed by atoms with E-state index in [9.17, 15) is 13.6 Å². The van der Waals surface area contributed by atoms with Gasteiger partial charge in [-0.15, -0.1) is 0 Å². The van der Waals surface area contributed by atoms with Gasteiger partial charge in [-0.25, -0.2) is 8.78 Å². The average molecular weight is 271 g/mol. The molecule has 3 nitrogen and oxygen atoms in total. The van der Waals surface area contributed by atoms with Crippen LogP contribution < -0.4 is 5.32 Å². The van der Waals surface area contributed by atoms with Gasteiger partial charge < -0.3 is 4.74 Å². The number of carbonyl (C=O) groups excluding carboxylic acids is 1. The Bertz CT molecular complexity index is 417. The predicted molar refractivity (Wildman–Crippen MR) is 68.5 cm³/mol. The van der Waals surface area contributed by atoms with E-state index in [2.05, 4.69) is 5.32 Å². The molecule has 0 heterocycles. The van der Waals surface area contributed by atoms with E-state index in [4.69, 9.17) is 4.74 Å². The average Bonchev–Trinajstić information content (AvgIpc) is 2.40. The minimum absolute atomic E-state index is 0.0160. The molecule has 0 fully saturated rings. The minimum Gasteiger partial charge on any atom is -0.468 e. The van der Waals surface area contributed by atoms with Crippen molar-refractivity contribution in [1.29, 1.82) is 0 Å². The molecule has 19 heavy (non-hydrogen) atoms. The van der Waals surface area contributed by atoms with E-state index in [1.807, 2.05) is 13.8 Å². The summed E-state index contributed by atoms with van der Waals surface area (Å²) < 4.78 is 31.6. The molecular formula is C14H19F2NO2. The Labute approximate surface area is 112 Å². The van der Waals surface area contributed by atoms with Gasteiger partial charge in [-0.05, 0) is 18.1 Å². The van der Waals surface area contributed by atoms with Crippen molar-refractivity contribution < 1.29 is 18.3 Å². The molecule has 0 aliphatic heterocycles. The normalized spacial score (nSPS) is 13.9. The monoisotopic (exact) mass is 271 g/mol. The zero-order valence-corrected chi connectivity index (χ0v) is 11.4. The summed E-state index contributed by atoms with van der Waals surface area (Å²) in [5, 5.41) is 2.86. The fourth-order valence-electron chi connectivity index (χ4n) is 1.79. The van der Waals surface area contributed by atoms with Crippen molar-refractivity contribution in [3.05, 3.63) is 35.4 Å². The summed E-state index contributed by atoms with van der Waals surface area (Å²) in [6.07, 6.45) is 0.756. The number of ether oxygens (including phenoxy) is 1. The van der Waals surface area contributed by atoms with Crippen LogP contribution in [0.25, 0.3) is 0 Å². The third-order valence-electron chi connectivity index (χ3n) is 3.23. The van der Waals surface area contributed by atoms with Crippen LogP contribution in [0.4, 0.5) is 8.78 Å². The van der Waals surface area contributed by atoms with Gasteiger partial charge in [0.05, 0.1) is 7.11 Å². The molecule has 0 bridgehead atoms. The van der Waals surface area contributed by atoms with Gasteiger partial charge in [-0.1, -0.05) is 26.3 Å². The number of methoxy groups -OCH3 is 1. The number of benzene rings is 1. The van der Waals surface area contributed by atoms with Gasteiger partial charge in [0.25, 0.3) is 0 Å². The van der Waals surface area contributed by atoms with Crippen LogP contribution >= 0.6 is 0 Å². The van der Waals surface area contributed by atoms with Crippen LogP contribution in [0.5, 0.6) is 0 Å². The molecule has 0 saturated heterocycles. The highest BCUT2D eigenvalue weighted by Gasteiger charge is 2.25. The summed E-state index contributed by atoms with van der Waals surface area (Å²) in [5.74, 6) is -1.66. The van der Waals surface area contributed by atoms with Crippen LogP contribution in [-0.2, 0) is 16.1 Å². The van der Waals surface area contributed by atoms with Crippen LogP contribution in [0.1, 0.15) is 25.8 Å². The van der Waals surface area contributed by atoms with Crippen molar-refractivity contribution in [2.75, 3.05) is 7.11 Å². The third kappa shape index (κ3) is 3.99. The van der Waals surface area contributed by atoms with Gasteiger partial charge in [0.1, 0.15) is 17.7 Å². The largest absolute Gasteiger partial charge is 0.468 e. The topological polar surface area (TPSA) is 38.3 Å². The van der Waals surface area contributed by atoms with Gasteiger partial charge in [-0.3, -0.25) is 10.1 Å². The van der Waals surface area contributed by atoms with Crippen molar-refractivity contribution in [3.63, 3.8) is 0 Å². The van der Waals surface area contributed by atoms with Gasteiger partial charge in [0, 0.05) is 12.1 Å². The lowest BCUT2D eigenvalue weighted by Gasteiger charge is -2.22. The van der Waals surface area contributed by atoms with Gasteiger partial charge in [0.2, 0.25) is 0 Å². The Kier molecular flexibility index (Phi) is 5.89. The maximum absolute atomic E-state index is 13.5. The number of rotatable bonds is 6. The number of hydrogen-bond acceptors (Lipinski definition) is 3. The van der Waals surface area contributed by atoms with Crippen LogP contribution in [0.15, 0.2) is 18.2 Å². The molecule has 0 amide bonds. The summed E-state index contributed by atoms with van der Waals surface area (Å²) in [4.78, 5) is 11.6. The molecule has 1 N–H and O–H groups in total. The van der Waals surface area contributed by atoms with Crippen molar-refractivity contribution in [2.45, 2.75) is 32.9 Å². The Balaban J connectivity index is 2.79. The number of halogens is 2. The predicted octanol–water partition coefficient (Wildman–Crippen LogP) is 2.64. The Morgan fingerprint density at radius 3 is 2.42 bits per heavy atom. The highest BCUT2D eigenvalue weighted by molar-refractivity contribution is 5.75. The highest BCUT2D eigenvalue weighted by Crippen LogP contribution is 2.14. The van der Waals surface area contributed by atoms with Crippen LogP contribution in [-0.4, -0.2) is 19.1 Å². The molecule has 2 unspecified atom stereocenters. The first-order valence-corrected chi connectivity index (χ1v) is 6.25. The lowest BCUT2D eigenvalue weighted by molar-refractivity contribution is -0.144. The first-order valence-electron chi connectivity index (χ1n) is 6.25. The number of carbonyl (C=O) groups is 1. The molecule has 0 aliphatic carbocycles. The second-order valence-corrected chi connectivity index (χ2v) is 4.47. The van der Waals surface area contributed by atoms with Crippen LogP contribution in [0, 0.1) is 17.6 Å². The number of esters is 1. The fraction of sp³-hybridized carbons (Fsp3) is 0.500. The SMILES string of the molecule is CCC(C)C(NCc1c(F)cccc1F)C(=O)OC. The second-order valence-electron chi connectivity index (χ2n) is 4.47. The summed E-state index contributed by atoms with van der Waals surface area (Å²) in [6, 6.07) is 3.11. The van der Waals surface area contributed by atoms with Gasteiger partial charge >= 0.3 is 5.97 Å². The lowest BCUT2D eigenvalue weighted by atomic mass is 9.99. The minimum atomic E-state index is -0.625. The summed E-state index contributed by atoms with van der Waals surface area (Å²) >= 11 is 0. The van der Waals surface area contributed by atoms with Crippen molar-refractivity contribution >= 4 is 5.97 Å². The Morgan fingerprint density at radius 2 is 1.95 bits per heavy atom.